The molecule has 2 heterocycles. The van der Waals surface area contributed by atoms with Crippen LogP contribution in [-0.2, 0) is 0 Å². The zero-order valence-corrected chi connectivity index (χ0v) is 8.95. The zero-order chi connectivity index (χ0) is 9.47. The minimum atomic E-state index is -0.518. The number of anilines is 1. The first-order valence-corrected chi connectivity index (χ1v) is 4.95. The third-order valence-electron chi connectivity index (χ3n) is 2.14. The standard InChI is InChI=1S/C9H11BrN2O/c1-9(13)5-12(6-9)7-2-3-11-8(10)4-7/h2-4,13H,5-6H2,1H3. The van der Waals surface area contributed by atoms with E-state index in [-0.39, 0.29) is 0 Å². The van der Waals surface area contributed by atoms with Gasteiger partial charge < -0.3 is 10.0 Å². The SMILES string of the molecule is CC1(O)CN(c2ccnc(Br)c2)C1. The molecule has 1 N–H and O–H groups in total. The number of pyridine rings is 1. The van der Waals surface area contributed by atoms with Crippen molar-refractivity contribution >= 4 is 21.6 Å². The van der Waals surface area contributed by atoms with Gasteiger partial charge in [0.15, 0.2) is 0 Å². The van der Waals surface area contributed by atoms with E-state index in [1.54, 1.807) is 6.20 Å². The second kappa shape index (κ2) is 2.96. The smallest absolute Gasteiger partial charge is 0.108 e. The molecule has 0 aliphatic carbocycles. The summed E-state index contributed by atoms with van der Waals surface area (Å²) in [6.45, 7) is 3.24. The van der Waals surface area contributed by atoms with Gasteiger partial charge in [0.1, 0.15) is 4.60 Å². The van der Waals surface area contributed by atoms with Crippen LogP contribution in [0.1, 0.15) is 6.92 Å². The number of β-amino-alcohol motifs (C(OH)–C–C–N with tert-alkyl or cyclic N) is 1. The molecule has 3 nitrogen and oxygen atoms in total. The number of aliphatic hydroxyl groups is 1. The van der Waals surface area contributed by atoms with Crippen LogP contribution in [0.15, 0.2) is 22.9 Å². The number of rotatable bonds is 1. The van der Waals surface area contributed by atoms with E-state index in [4.69, 9.17) is 0 Å². The largest absolute Gasteiger partial charge is 0.386 e. The molecule has 2 rings (SSSR count). The van der Waals surface area contributed by atoms with Crippen LogP contribution in [0, 0.1) is 0 Å². The fraction of sp³-hybridized carbons (Fsp3) is 0.444. The summed E-state index contributed by atoms with van der Waals surface area (Å²) in [5.41, 5.74) is 0.587. The predicted molar refractivity (Wildman–Crippen MR) is 54.8 cm³/mol. The molecule has 0 bridgehead atoms. The maximum atomic E-state index is 9.55. The van der Waals surface area contributed by atoms with Crippen molar-refractivity contribution in [2.75, 3.05) is 18.0 Å². The van der Waals surface area contributed by atoms with Gasteiger partial charge in [-0.2, -0.15) is 0 Å². The first-order valence-electron chi connectivity index (χ1n) is 4.16. The summed E-state index contributed by atoms with van der Waals surface area (Å²) in [5, 5.41) is 9.55. The van der Waals surface area contributed by atoms with Crippen LogP contribution in [0.4, 0.5) is 5.69 Å². The summed E-state index contributed by atoms with van der Waals surface area (Å²) in [5.74, 6) is 0. The summed E-state index contributed by atoms with van der Waals surface area (Å²) in [4.78, 5) is 6.16. The van der Waals surface area contributed by atoms with E-state index in [0.29, 0.717) is 13.1 Å². The number of hydrogen-bond acceptors (Lipinski definition) is 3. The van der Waals surface area contributed by atoms with E-state index in [2.05, 4.69) is 25.8 Å². The second-order valence-corrected chi connectivity index (χ2v) is 4.50. The number of halogens is 1. The van der Waals surface area contributed by atoms with Crippen LogP contribution in [0.2, 0.25) is 0 Å². The predicted octanol–water partition coefficient (Wildman–Crippen LogP) is 1.42. The molecular weight excluding hydrogens is 232 g/mol. The molecule has 1 aromatic rings. The van der Waals surface area contributed by atoms with Crippen molar-refractivity contribution in [1.82, 2.24) is 4.98 Å². The molecule has 0 atom stereocenters. The highest BCUT2D eigenvalue weighted by atomic mass is 79.9. The van der Waals surface area contributed by atoms with E-state index >= 15 is 0 Å². The van der Waals surface area contributed by atoms with Gasteiger partial charge in [-0.15, -0.1) is 0 Å². The highest BCUT2D eigenvalue weighted by molar-refractivity contribution is 9.10. The Balaban J connectivity index is 2.11. The molecule has 1 aliphatic rings. The molecule has 1 saturated heterocycles. The minimum absolute atomic E-state index is 0.518. The highest BCUT2D eigenvalue weighted by Gasteiger charge is 2.36. The Kier molecular flexibility index (Phi) is 2.04. The van der Waals surface area contributed by atoms with Crippen molar-refractivity contribution in [3.05, 3.63) is 22.9 Å². The van der Waals surface area contributed by atoms with Crippen molar-refractivity contribution < 1.29 is 5.11 Å². The Morgan fingerprint density at radius 2 is 2.31 bits per heavy atom. The molecule has 1 fully saturated rings. The summed E-state index contributed by atoms with van der Waals surface area (Å²) >= 11 is 3.31. The molecule has 0 amide bonds. The number of hydrogen-bond donors (Lipinski definition) is 1. The van der Waals surface area contributed by atoms with Crippen LogP contribution in [0.5, 0.6) is 0 Å². The van der Waals surface area contributed by atoms with Crippen molar-refractivity contribution in [3.63, 3.8) is 0 Å². The molecule has 4 heteroatoms. The second-order valence-electron chi connectivity index (χ2n) is 3.69. The lowest BCUT2D eigenvalue weighted by molar-refractivity contribution is 0.0310. The molecule has 0 saturated carbocycles. The lowest BCUT2D eigenvalue weighted by Gasteiger charge is -2.45. The van der Waals surface area contributed by atoms with E-state index in [1.807, 2.05) is 19.1 Å². The molecular formula is C9H11BrN2O. The van der Waals surface area contributed by atoms with Gasteiger partial charge in [0.2, 0.25) is 0 Å². The third kappa shape index (κ3) is 1.84. The Labute approximate surface area is 85.5 Å². The van der Waals surface area contributed by atoms with Gasteiger partial charge in [0.25, 0.3) is 0 Å². The van der Waals surface area contributed by atoms with Gasteiger partial charge in [0.05, 0.1) is 5.60 Å². The van der Waals surface area contributed by atoms with Gasteiger partial charge in [-0.05, 0) is 35.0 Å². The first kappa shape index (κ1) is 8.97. The van der Waals surface area contributed by atoms with Gasteiger partial charge in [-0.1, -0.05) is 0 Å². The fourth-order valence-corrected chi connectivity index (χ4v) is 1.90. The van der Waals surface area contributed by atoms with Crippen molar-refractivity contribution in [2.24, 2.45) is 0 Å². The lowest BCUT2D eigenvalue weighted by Crippen LogP contribution is -2.60. The molecule has 0 aromatic carbocycles. The van der Waals surface area contributed by atoms with Crippen molar-refractivity contribution in [2.45, 2.75) is 12.5 Å². The first-order chi connectivity index (χ1) is 6.07. The Bertz CT molecular complexity index is 319. The maximum absolute atomic E-state index is 9.55. The van der Waals surface area contributed by atoms with Crippen LogP contribution in [-0.4, -0.2) is 28.8 Å². The van der Waals surface area contributed by atoms with E-state index < -0.39 is 5.60 Å². The van der Waals surface area contributed by atoms with E-state index in [9.17, 15) is 5.11 Å². The van der Waals surface area contributed by atoms with Gasteiger partial charge in [0, 0.05) is 25.0 Å². The summed E-state index contributed by atoms with van der Waals surface area (Å²) < 4.78 is 0.830. The van der Waals surface area contributed by atoms with Gasteiger partial charge >= 0.3 is 0 Å². The van der Waals surface area contributed by atoms with Crippen LogP contribution in [0.3, 0.4) is 0 Å². The monoisotopic (exact) mass is 242 g/mol. The van der Waals surface area contributed by atoms with Crippen molar-refractivity contribution in [3.8, 4) is 0 Å². The molecule has 1 aromatic heterocycles. The Morgan fingerprint density at radius 3 is 2.85 bits per heavy atom. The Hall–Kier alpha value is -0.610. The molecule has 1 aliphatic heterocycles. The van der Waals surface area contributed by atoms with Gasteiger partial charge in [-0.3, -0.25) is 0 Å². The zero-order valence-electron chi connectivity index (χ0n) is 7.37. The molecule has 13 heavy (non-hydrogen) atoms. The maximum Gasteiger partial charge on any atom is 0.108 e. The van der Waals surface area contributed by atoms with E-state index in [0.717, 1.165) is 10.3 Å². The fourth-order valence-electron chi connectivity index (χ4n) is 1.55. The summed E-state index contributed by atoms with van der Waals surface area (Å²) in [7, 11) is 0. The van der Waals surface area contributed by atoms with Crippen LogP contribution >= 0.6 is 15.9 Å². The quantitative estimate of drug-likeness (QED) is 0.757. The average Bonchev–Trinajstić information content (AvgIpc) is 2.00. The summed E-state index contributed by atoms with van der Waals surface area (Å²) in [6, 6.07) is 3.90. The van der Waals surface area contributed by atoms with Crippen LogP contribution in [0.25, 0.3) is 0 Å². The topological polar surface area (TPSA) is 36.4 Å². The molecule has 70 valence electrons. The average molecular weight is 243 g/mol. The van der Waals surface area contributed by atoms with Crippen molar-refractivity contribution in [1.29, 1.82) is 0 Å². The Morgan fingerprint density at radius 1 is 1.62 bits per heavy atom. The molecule has 0 spiro atoms. The summed E-state index contributed by atoms with van der Waals surface area (Å²) in [6.07, 6.45) is 1.76. The number of aromatic nitrogens is 1. The molecule has 0 radical (unpaired) electrons. The minimum Gasteiger partial charge on any atom is -0.386 e. The lowest BCUT2D eigenvalue weighted by atomic mass is 9.96. The molecule has 0 unspecified atom stereocenters. The highest BCUT2D eigenvalue weighted by Crippen LogP contribution is 2.27. The van der Waals surface area contributed by atoms with E-state index in [1.165, 1.54) is 0 Å². The third-order valence-corrected chi connectivity index (χ3v) is 2.57. The van der Waals surface area contributed by atoms with Crippen LogP contribution < -0.4 is 4.90 Å². The van der Waals surface area contributed by atoms with Gasteiger partial charge in [-0.25, -0.2) is 4.98 Å². The number of nitrogens with zero attached hydrogens (tertiary/aromatic N) is 2. The normalized spacial score (nSPS) is 19.8.